The van der Waals surface area contributed by atoms with Gasteiger partial charge in [-0.1, -0.05) is 18.2 Å². The Morgan fingerprint density at radius 3 is 2.60 bits per heavy atom. The summed E-state index contributed by atoms with van der Waals surface area (Å²) in [4.78, 5) is 22.1. The van der Waals surface area contributed by atoms with Crippen LogP contribution in [0.15, 0.2) is 61.3 Å². The average molecular weight is 545 g/mol. The van der Waals surface area contributed by atoms with Crippen molar-refractivity contribution in [3.63, 3.8) is 0 Å². The predicted molar refractivity (Wildman–Crippen MR) is 140 cm³/mol. The number of pyridine rings is 3. The lowest BCUT2D eigenvalue weighted by atomic mass is 10.1. The largest absolute Gasteiger partial charge is 0.335 e. The van der Waals surface area contributed by atoms with E-state index in [1.54, 1.807) is 41.6 Å². The lowest BCUT2D eigenvalue weighted by Gasteiger charge is -2.15. The molecule has 5 aromatic heterocycles. The molecule has 2 N–H and O–H groups in total. The van der Waals surface area contributed by atoms with Crippen molar-refractivity contribution in [2.75, 3.05) is 13.1 Å². The first-order chi connectivity index (χ1) is 19.4. The molecule has 6 aromatic rings. The van der Waals surface area contributed by atoms with Crippen molar-refractivity contribution in [3.05, 3.63) is 78.5 Å². The van der Waals surface area contributed by atoms with Crippen LogP contribution in [0, 0.1) is 11.6 Å². The molecule has 8 nitrogen and oxygen atoms in total. The third-order valence-corrected chi connectivity index (χ3v) is 7.05. The van der Waals surface area contributed by atoms with Crippen molar-refractivity contribution in [2.24, 2.45) is 0 Å². The molecule has 0 spiro atoms. The monoisotopic (exact) mass is 544 g/mol. The molecule has 6 heterocycles. The first kappa shape index (κ1) is 24.3. The zero-order chi connectivity index (χ0) is 27.4. The second kappa shape index (κ2) is 9.19. The number of halogens is 4. The fourth-order valence-electron chi connectivity index (χ4n) is 5.17. The van der Waals surface area contributed by atoms with E-state index < -0.39 is 17.6 Å². The Morgan fingerprint density at radius 2 is 1.77 bits per heavy atom. The SMILES string of the molecule is Fc1ccccc1-c1cncc2[nH]c(-c3n[nH]c4cnc(-c5cncc(CN6CCC(F)(F)C6)c5)c(F)c34)nc12. The Bertz CT molecular complexity index is 1900. The number of nitrogens with one attached hydrogen (secondary N) is 2. The van der Waals surface area contributed by atoms with E-state index in [1.165, 1.54) is 24.7 Å². The molecular weight excluding hydrogens is 524 g/mol. The molecule has 1 fully saturated rings. The van der Waals surface area contributed by atoms with Crippen LogP contribution in [0.2, 0.25) is 0 Å². The Kier molecular flexibility index (Phi) is 5.59. The minimum absolute atomic E-state index is 0.0427. The minimum Gasteiger partial charge on any atom is -0.335 e. The van der Waals surface area contributed by atoms with Gasteiger partial charge in [0.2, 0.25) is 0 Å². The van der Waals surface area contributed by atoms with Crippen LogP contribution in [0.5, 0.6) is 0 Å². The summed E-state index contributed by atoms with van der Waals surface area (Å²) < 4.78 is 57.9. The number of hydrogen-bond donors (Lipinski definition) is 2. The topological polar surface area (TPSA) is 99.3 Å². The Morgan fingerprint density at radius 1 is 0.925 bits per heavy atom. The van der Waals surface area contributed by atoms with Crippen LogP contribution in [0.1, 0.15) is 12.0 Å². The van der Waals surface area contributed by atoms with Crippen molar-refractivity contribution >= 4 is 21.9 Å². The number of alkyl halides is 2. The third-order valence-electron chi connectivity index (χ3n) is 7.05. The highest BCUT2D eigenvalue weighted by molar-refractivity contribution is 5.97. The standard InChI is InChI=1S/C28H20F4N8/c29-19-4-2-1-3-17(19)18-10-34-11-21-25(18)37-27(36-21)26-22-20(38-39-26)12-35-24(23(22)30)16-7-15(8-33-9-16)13-40-6-5-28(31,32)14-40/h1-4,7-12H,5-6,13-14H2,(H,36,37)(H,38,39). The van der Waals surface area contributed by atoms with Gasteiger partial charge in [0.25, 0.3) is 5.92 Å². The van der Waals surface area contributed by atoms with Gasteiger partial charge in [0.15, 0.2) is 11.6 Å². The molecule has 0 radical (unpaired) electrons. The van der Waals surface area contributed by atoms with Gasteiger partial charge < -0.3 is 4.98 Å². The number of H-pyrrole nitrogens is 2. The van der Waals surface area contributed by atoms with E-state index in [-0.39, 0.29) is 48.7 Å². The predicted octanol–water partition coefficient (Wildman–Crippen LogP) is 5.74. The van der Waals surface area contributed by atoms with Crippen LogP contribution < -0.4 is 0 Å². The maximum atomic E-state index is 16.1. The van der Waals surface area contributed by atoms with Crippen molar-refractivity contribution < 1.29 is 17.6 Å². The van der Waals surface area contributed by atoms with Crippen LogP contribution in [-0.2, 0) is 6.54 Å². The molecule has 1 aliphatic rings. The second-order valence-corrected chi connectivity index (χ2v) is 9.83. The molecule has 1 aliphatic heterocycles. The molecule has 0 amide bonds. The van der Waals surface area contributed by atoms with Gasteiger partial charge >= 0.3 is 0 Å². The molecule has 0 aliphatic carbocycles. The van der Waals surface area contributed by atoms with Gasteiger partial charge in [-0.15, -0.1) is 0 Å². The maximum absolute atomic E-state index is 16.1. The highest BCUT2D eigenvalue weighted by atomic mass is 19.3. The Hall–Kier alpha value is -4.71. The lowest BCUT2D eigenvalue weighted by Crippen LogP contribution is -2.24. The van der Waals surface area contributed by atoms with Gasteiger partial charge in [-0.3, -0.25) is 25.0 Å². The summed E-state index contributed by atoms with van der Waals surface area (Å²) in [6, 6.07) is 8.02. The number of fused-ring (bicyclic) bond motifs is 2. The van der Waals surface area contributed by atoms with Crippen molar-refractivity contribution in [2.45, 2.75) is 18.9 Å². The third kappa shape index (κ3) is 4.16. The number of aromatic amines is 2. The van der Waals surface area contributed by atoms with E-state index in [2.05, 4.69) is 35.1 Å². The smallest absolute Gasteiger partial charge is 0.261 e. The first-order valence-electron chi connectivity index (χ1n) is 12.5. The first-order valence-corrected chi connectivity index (χ1v) is 12.5. The maximum Gasteiger partial charge on any atom is 0.261 e. The highest BCUT2D eigenvalue weighted by Gasteiger charge is 2.38. The van der Waals surface area contributed by atoms with Crippen LogP contribution in [-0.4, -0.2) is 59.0 Å². The molecule has 0 unspecified atom stereocenters. The van der Waals surface area contributed by atoms with Gasteiger partial charge in [-0.2, -0.15) is 5.10 Å². The molecule has 40 heavy (non-hydrogen) atoms. The van der Waals surface area contributed by atoms with Crippen LogP contribution in [0.4, 0.5) is 17.6 Å². The fraction of sp³-hybridized carbons (Fsp3) is 0.179. The Labute approximate surface area is 224 Å². The highest BCUT2D eigenvalue weighted by Crippen LogP contribution is 2.35. The van der Waals surface area contributed by atoms with E-state index in [0.717, 1.165) is 0 Å². The number of benzene rings is 1. The fourth-order valence-corrected chi connectivity index (χ4v) is 5.17. The minimum atomic E-state index is -2.70. The number of aromatic nitrogens is 7. The van der Waals surface area contributed by atoms with Gasteiger partial charge in [0.1, 0.15) is 22.7 Å². The number of hydrogen-bond acceptors (Lipinski definition) is 6. The van der Waals surface area contributed by atoms with Crippen molar-refractivity contribution in [1.82, 2.24) is 40.0 Å². The summed E-state index contributed by atoms with van der Waals surface area (Å²) in [5.41, 5.74) is 3.52. The number of imidazole rings is 1. The Balaban J connectivity index is 1.29. The van der Waals surface area contributed by atoms with Crippen LogP contribution in [0.25, 0.3) is 55.8 Å². The molecular formula is C28H20F4N8. The van der Waals surface area contributed by atoms with E-state index in [4.69, 9.17) is 0 Å². The molecule has 0 saturated carbocycles. The molecule has 0 atom stereocenters. The zero-order valence-corrected chi connectivity index (χ0v) is 20.8. The molecule has 0 bridgehead atoms. The van der Waals surface area contributed by atoms with Gasteiger partial charge in [0.05, 0.1) is 35.4 Å². The quantitative estimate of drug-likeness (QED) is 0.269. The molecule has 7 rings (SSSR count). The van der Waals surface area contributed by atoms with Gasteiger partial charge in [-0.05, 0) is 17.7 Å². The zero-order valence-electron chi connectivity index (χ0n) is 20.8. The van der Waals surface area contributed by atoms with Crippen LogP contribution >= 0.6 is 0 Å². The lowest BCUT2D eigenvalue weighted by molar-refractivity contribution is 0.0115. The second-order valence-electron chi connectivity index (χ2n) is 9.83. The summed E-state index contributed by atoms with van der Waals surface area (Å²) in [6.07, 6.45) is 7.42. The normalized spacial score (nSPS) is 15.4. The molecule has 12 heteroatoms. The van der Waals surface area contributed by atoms with E-state index >= 15 is 4.39 Å². The summed E-state index contributed by atoms with van der Waals surface area (Å²) in [6.45, 7) is 0.230. The van der Waals surface area contributed by atoms with Gasteiger partial charge in [-0.25, -0.2) is 22.5 Å². The number of nitrogens with zero attached hydrogens (tertiary/aromatic N) is 6. The molecule has 1 aromatic carbocycles. The van der Waals surface area contributed by atoms with Crippen molar-refractivity contribution in [1.29, 1.82) is 0 Å². The molecule has 200 valence electrons. The summed E-state index contributed by atoms with van der Waals surface area (Å²) in [5.74, 6) is -3.49. The van der Waals surface area contributed by atoms with Crippen molar-refractivity contribution in [3.8, 4) is 33.9 Å². The van der Waals surface area contributed by atoms with E-state index in [9.17, 15) is 13.2 Å². The summed E-state index contributed by atoms with van der Waals surface area (Å²) >= 11 is 0. The average Bonchev–Trinajstić information content (AvgIpc) is 3.65. The van der Waals surface area contributed by atoms with Crippen LogP contribution in [0.3, 0.4) is 0 Å². The van der Waals surface area contributed by atoms with E-state index in [1.807, 2.05) is 0 Å². The summed E-state index contributed by atoms with van der Waals surface area (Å²) in [5, 5.41) is 7.24. The van der Waals surface area contributed by atoms with E-state index in [0.29, 0.717) is 38.8 Å². The number of rotatable bonds is 5. The summed E-state index contributed by atoms with van der Waals surface area (Å²) in [7, 11) is 0. The van der Waals surface area contributed by atoms with Gasteiger partial charge in [0, 0.05) is 54.8 Å². The molecule has 1 saturated heterocycles. The number of likely N-dealkylation sites (tertiary alicyclic amines) is 1.